The van der Waals surface area contributed by atoms with Gasteiger partial charge in [0.1, 0.15) is 11.2 Å². The van der Waals surface area contributed by atoms with Crippen molar-refractivity contribution in [3.63, 3.8) is 0 Å². The topological polar surface area (TPSA) is 93.9 Å². The van der Waals surface area contributed by atoms with E-state index in [0.29, 0.717) is 24.0 Å². The lowest BCUT2D eigenvalue weighted by atomic mass is 10.0. The highest BCUT2D eigenvalue weighted by molar-refractivity contribution is 7.91. The molecule has 0 spiro atoms. The summed E-state index contributed by atoms with van der Waals surface area (Å²) >= 11 is 0. The molecule has 1 aliphatic heterocycles. The summed E-state index contributed by atoms with van der Waals surface area (Å²) in [5, 5.41) is 3.22. The minimum absolute atomic E-state index is 0.0581. The molecule has 7 nitrogen and oxygen atoms in total. The van der Waals surface area contributed by atoms with E-state index < -0.39 is 33.2 Å². The lowest BCUT2D eigenvalue weighted by Gasteiger charge is -2.24. The third-order valence-electron chi connectivity index (χ3n) is 5.27. The molecule has 1 fully saturated rings. The molecular formula is C20H19F3N4O3S. The van der Waals surface area contributed by atoms with E-state index in [4.69, 9.17) is 0 Å². The van der Waals surface area contributed by atoms with Crippen molar-refractivity contribution in [2.24, 2.45) is 7.05 Å². The van der Waals surface area contributed by atoms with E-state index in [0.717, 1.165) is 12.1 Å². The first-order valence-electron chi connectivity index (χ1n) is 9.54. The number of aryl methyl sites for hydroxylation is 1. The Kier molecular flexibility index (Phi) is 5.24. The van der Waals surface area contributed by atoms with E-state index >= 15 is 0 Å². The molecule has 0 aliphatic carbocycles. The van der Waals surface area contributed by atoms with Gasteiger partial charge in [-0.2, -0.15) is 13.2 Å². The van der Waals surface area contributed by atoms with E-state index in [1.54, 1.807) is 0 Å². The summed E-state index contributed by atoms with van der Waals surface area (Å²) < 4.78 is 63.8. The maximum Gasteiger partial charge on any atom is 0.416 e. The van der Waals surface area contributed by atoms with Gasteiger partial charge in [0.05, 0.1) is 28.9 Å². The average Bonchev–Trinajstić information content (AvgIpc) is 2.69. The molecule has 2 aromatic heterocycles. The number of aromatic nitrogens is 3. The second-order valence-electron chi connectivity index (χ2n) is 7.58. The predicted octanol–water partition coefficient (Wildman–Crippen LogP) is 3.00. The maximum atomic E-state index is 12.9. The molecule has 0 radical (unpaired) electrons. The van der Waals surface area contributed by atoms with Crippen LogP contribution in [0.3, 0.4) is 0 Å². The van der Waals surface area contributed by atoms with Crippen LogP contribution in [0.5, 0.6) is 0 Å². The van der Waals surface area contributed by atoms with Crippen molar-refractivity contribution < 1.29 is 21.6 Å². The smallest absolute Gasteiger partial charge is 0.366 e. The number of anilines is 1. The fourth-order valence-corrected chi connectivity index (χ4v) is 5.34. The zero-order chi connectivity index (χ0) is 22.4. The molecule has 164 valence electrons. The number of fused-ring (bicyclic) bond motifs is 1. The van der Waals surface area contributed by atoms with Crippen LogP contribution in [0.25, 0.3) is 22.0 Å². The quantitative estimate of drug-likeness (QED) is 0.657. The molecule has 4 rings (SSSR count). The highest BCUT2D eigenvalue weighted by Crippen LogP contribution is 2.33. The van der Waals surface area contributed by atoms with Gasteiger partial charge in [0.15, 0.2) is 9.84 Å². The second-order valence-corrected chi connectivity index (χ2v) is 9.81. The third kappa shape index (κ3) is 4.27. The van der Waals surface area contributed by atoms with Gasteiger partial charge in [-0.05, 0) is 30.5 Å². The Balaban J connectivity index is 1.81. The van der Waals surface area contributed by atoms with E-state index in [1.165, 1.54) is 36.3 Å². The summed E-state index contributed by atoms with van der Waals surface area (Å²) in [6.07, 6.45) is -0.577. The van der Waals surface area contributed by atoms with E-state index in [-0.39, 0.29) is 28.2 Å². The number of nitrogens with one attached hydrogen (secondary N) is 1. The first-order chi connectivity index (χ1) is 14.5. The molecule has 0 bridgehead atoms. The number of halogens is 3. The molecule has 3 heterocycles. The zero-order valence-electron chi connectivity index (χ0n) is 16.5. The molecular weight excluding hydrogens is 433 g/mol. The van der Waals surface area contributed by atoms with Crippen LogP contribution in [0.2, 0.25) is 0 Å². The van der Waals surface area contributed by atoms with Crippen LogP contribution in [0.1, 0.15) is 18.4 Å². The number of sulfone groups is 1. The van der Waals surface area contributed by atoms with Crippen molar-refractivity contribution in [3.8, 4) is 11.1 Å². The Morgan fingerprint density at radius 2 is 1.87 bits per heavy atom. The number of benzene rings is 1. The molecule has 1 atom stereocenters. The lowest BCUT2D eigenvalue weighted by Crippen LogP contribution is -2.35. The van der Waals surface area contributed by atoms with Crippen molar-refractivity contribution in [3.05, 3.63) is 52.7 Å². The molecule has 3 aromatic rings. The normalized spacial score (nSPS) is 18.8. The van der Waals surface area contributed by atoms with Crippen molar-refractivity contribution in [2.75, 3.05) is 16.8 Å². The Labute approximate surface area is 175 Å². The van der Waals surface area contributed by atoms with Crippen LogP contribution in [-0.4, -0.2) is 40.5 Å². The van der Waals surface area contributed by atoms with E-state index in [9.17, 15) is 26.4 Å². The van der Waals surface area contributed by atoms with Gasteiger partial charge in [-0.25, -0.2) is 18.4 Å². The predicted molar refractivity (Wildman–Crippen MR) is 111 cm³/mol. The van der Waals surface area contributed by atoms with Crippen LogP contribution in [-0.2, 0) is 23.1 Å². The van der Waals surface area contributed by atoms with Gasteiger partial charge in [0.2, 0.25) is 0 Å². The number of hydrogen-bond donors (Lipinski definition) is 1. The SMILES string of the molecule is Cn1cnc2c(-c3ccc(C(F)(F)F)cc3)cnc(NC3CCCS(=O)(=O)C3)c2c1=O. The zero-order valence-corrected chi connectivity index (χ0v) is 17.3. The summed E-state index contributed by atoms with van der Waals surface area (Å²) in [7, 11) is -1.65. The van der Waals surface area contributed by atoms with Gasteiger partial charge >= 0.3 is 6.18 Å². The van der Waals surface area contributed by atoms with E-state index in [1.807, 2.05) is 0 Å². The molecule has 11 heteroatoms. The molecule has 0 saturated carbocycles. The Morgan fingerprint density at radius 1 is 1.16 bits per heavy atom. The van der Waals surface area contributed by atoms with Crippen LogP contribution in [0.4, 0.5) is 19.0 Å². The minimum atomic E-state index is -4.46. The third-order valence-corrected chi connectivity index (χ3v) is 7.09. The second kappa shape index (κ2) is 7.63. The fraction of sp³-hybridized carbons (Fsp3) is 0.350. The Morgan fingerprint density at radius 3 is 2.52 bits per heavy atom. The number of nitrogens with zero attached hydrogens (tertiary/aromatic N) is 3. The van der Waals surface area contributed by atoms with Crippen molar-refractivity contribution >= 4 is 26.6 Å². The largest absolute Gasteiger partial charge is 0.416 e. The first kappa shape index (κ1) is 21.3. The molecule has 1 aromatic carbocycles. The summed E-state index contributed by atoms with van der Waals surface area (Å²) in [4.78, 5) is 21.5. The van der Waals surface area contributed by atoms with Gasteiger partial charge in [0.25, 0.3) is 5.56 Å². The summed E-state index contributed by atoms with van der Waals surface area (Å²) in [6, 6.07) is 4.14. The fourth-order valence-electron chi connectivity index (χ4n) is 3.70. The Bertz CT molecular complexity index is 1300. The Hall–Kier alpha value is -2.95. The molecule has 1 aliphatic rings. The van der Waals surface area contributed by atoms with Crippen LogP contribution < -0.4 is 10.9 Å². The van der Waals surface area contributed by atoms with Gasteiger partial charge < -0.3 is 9.88 Å². The number of pyridine rings is 1. The minimum Gasteiger partial charge on any atom is -0.366 e. The summed E-state index contributed by atoms with van der Waals surface area (Å²) in [5.41, 5.74) is -0.0677. The monoisotopic (exact) mass is 452 g/mol. The molecule has 0 amide bonds. The van der Waals surface area contributed by atoms with Crippen molar-refractivity contribution in [2.45, 2.75) is 25.1 Å². The maximum absolute atomic E-state index is 12.9. The van der Waals surface area contributed by atoms with Gasteiger partial charge in [-0.1, -0.05) is 12.1 Å². The van der Waals surface area contributed by atoms with Crippen LogP contribution >= 0.6 is 0 Å². The number of rotatable bonds is 3. The number of alkyl halides is 3. The molecule has 1 saturated heterocycles. The first-order valence-corrected chi connectivity index (χ1v) is 11.4. The number of hydrogen-bond acceptors (Lipinski definition) is 6. The molecule has 1 unspecified atom stereocenters. The van der Waals surface area contributed by atoms with Gasteiger partial charge in [-0.3, -0.25) is 4.79 Å². The summed E-state index contributed by atoms with van der Waals surface area (Å²) in [5.74, 6) is 0.286. The standard InChI is InChI=1S/C20H19F3N4O3S/c1-27-11-25-17-15(12-4-6-13(7-5-12)20(21,22)23)9-24-18(16(17)19(27)28)26-14-3-2-8-31(29,30)10-14/h4-7,9,11,14H,2-3,8,10H2,1H3,(H,24,26). The van der Waals surface area contributed by atoms with Crippen LogP contribution in [0.15, 0.2) is 41.6 Å². The average molecular weight is 452 g/mol. The van der Waals surface area contributed by atoms with E-state index in [2.05, 4.69) is 15.3 Å². The lowest BCUT2D eigenvalue weighted by molar-refractivity contribution is -0.137. The van der Waals surface area contributed by atoms with Gasteiger partial charge in [-0.15, -0.1) is 0 Å². The van der Waals surface area contributed by atoms with Crippen LogP contribution in [0, 0.1) is 0 Å². The molecule has 31 heavy (non-hydrogen) atoms. The van der Waals surface area contributed by atoms with Gasteiger partial charge in [0, 0.05) is 24.8 Å². The van der Waals surface area contributed by atoms with Crippen molar-refractivity contribution in [1.29, 1.82) is 0 Å². The highest BCUT2D eigenvalue weighted by Gasteiger charge is 2.30. The van der Waals surface area contributed by atoms with Crippen molar-refractivity contribution in [1.82, 2.24) is 14.5 Å². The highest BCUT2D eigenvalue weighted by atomic mass is 32.2. The molecule has 1 N–H and O–H groups in total. The summed E-state index contributed by atoms with van der Waals surface area (Å²) in [6.45, 7) is 0.